The molecular weight excluding hydrogens is 226 g/mol. The molecule has 0 aliphatic carbocycles. The van der Waals surface area contributed by atoms with E-state index in [0.29, 0.717) is 17.2 Å². The van der Waals surface area contributed by atoms with Gasteiger partial charge in [-0.1, -0.05) is 0 Å². The summed E-state index contributed by atoms with van der Waals surface area (Å²) in [5, 5.41) is 9.57. The molecule has 1 aromatic rings. The van der Waals surface area contributed by atoms with E-state index in [2.05, 4.69) is 0 Å². The van der Waals surface area contributed by atoms with E-state index >= 15 is 0 Å². The highest BCUT2D eigenvalue weighted by atomic mass is 16.5. The van der Waals surface area contributed by atoms with E-state index in [-0.39, 0.29) is 5.56 Å². The minimum Gasteiger partial charge on any atom is -0.493 e. The van der Waals surface area contributed by atoms with E-state index in [0.717, 1.165) is 0 Å². The Hall–Kier alpha value is -1.95. The maximum Gasteiger partial charge on any atom is 0.250 e. The van der Waals surface area contributed by atoms with Crippen molar-refractivity contribution >= 4 is 5.91 Å². The van der Waals surface area contributed by atoms with Crippen molar-refractivity contribution in [2.24, 2.45) is 5.73 Å². The Balaban J connectivity index is 3.31. The van der Waals surface area contributed by atoms with Crippen molar-refractivity contribution in [1.29, 1.82) is 0 Å². The van der Waals surface area contributed by atoms with Gasteiger partial charge in [0, 0.05) is 0 Å². The number of aliphatic hydroxyl groups is 1. The van der Waals surface area contributed by atoms with Crippen LogP contribution in [0.3, 0.4) is 0 Å². The van der Waals surface area contributed by atoms with Crippen LogP contribution in [0.25, 0.3) is 0 Å². The van der Waals surface area contributed by atoms with Gasteiger partial charge in [0.15, 0.2) is 17.6 Å². The second-order valence-corrected chi connectivity index (χ2v) is 3.26. The summed E-state index contributed by atoms with van der Waals surface area (Å²) in [6.45, 7) is 0. The summed E-state index contributed by atoms with van der Waals surface area (Å²) in [4.78, 5) is 10.9. The molecule has 0 saturated carbocycles. The summed E-state index contributed by atoms with van der Waals surface area (Å²) in [6, 6.07) is 2.94. The van der Waals surface area contributed by atoms with Gasteiger partial charge in [-0.15, -0.1) is 0 Å². The number of primary amides is 1. The van der Waals surface area contributed by atoms with Crippen LogP contribution in [0, 0.1) is 0 Å². The summed E-state index contributed by atoms with van der Waals surface area (Å²) in [5.41, 5.74) is 5.30. The van der Waals surface area contributed by atoms with Gasteiger partial charge in [0.2, 0.25) is 5.75 Å². The van der Waals surface area contributed by atoms with Gasteiger partial charge in [-0.2, -0.15) is 0 Å². The molecule has 1 aromatic carbocycles. The number of amides is 1. The fourth-order valence-electron chi connectivity index (χ4n) is 1.42. The van der Waals surface area contributed by atoms with Gasteiger partial charge >= 0.3 is 0 Å². The first-order valence-electron chi connectivity index (χ1n) is 4.82. The SMILES string of the molecule is COc1cc(C(O)C(N)=O)cc(OC)c1OC. The lowest BCUT2D eigenvalue weighted by Gasteiger charge is -2.15. The first-order valence-corrected chi connectivity index (χ1v) is 4.82. The molecule has 0 fully saturated rings. The number of nitrogens with two attached hydrogens (primary N) is 1. The molecular formula is C11H15NO5. The van der Waals surface area contributed by atoms with Crippen molar-refractivity contribution in [3.8, 4) is 17.2 Å². The van der Waals surface area contributed by atoms with E-state index in [1.54, 1.807) is 0 Å². The summed E-state index contributed by atoms with van der Waals surface area (Å²) < 4.78 is 15.3. The zero-order chi connectivity index (χ0) is 13.0. The fourth-order valence-corrected chi connectivity index (χ4v) is 1.42. The van der Waals surface area contributed by atoms with Crippen LogP contribution in [0.5, 0.6) is 17.2 Å². The number of aliphatic hydroxyl groups excluding tert-OH is 1. The molecule has 0 radical (unpaired) electrons. The third-order valence-corrected chi connectivity index (χ3v) is 2.27. The summed E-state index contributed by atoms with van der Waals surface area (Å²) in [6.07, 6.45) is -1.41. The summed E-state index contributed by atoms with van der Waals surface area (Å²) >= 11 is 0. The number of hydrogen-bond donors (Lipinski definition) is 2. The molecule has 17 heavy (non-hydrogen) atoms. The normalized spacial score (nSPS) is 11.8. The molecule has 1 rings (SSSR count). The Morgan fingerprint density at radius 3 is 1.94 bits per heavy atom. The van der Waals surface area contributed by atoms with Crippen LogP contribution in [0.2, 0.25) is 0 Å². The first kappa shape index (κ1) is 13.1. The highest BCUT2D eigenvalue weighted by molar-refractivity contribution is 5.80. The second kappa shape index (κ2) is 5.40. The molecule has 0 heterocycles. The minimum atomic E-state index is -1.41. The number of carbonyl (C=O) groups is 1. The molecule has 0 aliphatic heterocycles. The molecule has 6 heteroatoms. The molecule has 0 saturated heterocycles. The lowest BCUT2D eigenvalue weighted by Crippen LogP contribution is -2.21. The Labute approximate surface area is 98.9 Å². The van der Waals surface area contributed by atoms with Crippen LogP contribution in [-0.2, 0) is 4.79 Å². The lowest BCUT2D eigenvalue weighted by atomic mass is 10.1. The molecule has 94 valence electrons. The van der Waals surface area contributed by atoms with Gasteiger partial charge in [-0.05, 0) is 17.7 Å². The quantitative estimate of drug-likeness (QED) is 0.770. The van der Waals surface area contributed by atoms with Gasteiger partial charge in [0.05, 0.1) is 21.3 Å². The zero-order valence-corrected chi connectivity index (χ0v) is 9.89. The van der Waals surface area contributed by atoms with Crippen LogP contribution in [0.4, 0.5) is 0 Å². The number of hydrogen-bond acceptors (Lipinski definition) is 5. The van der Waals surface area contributed by atoms with Gasteiger partial charge in [0.1, 0.15) is 0 Å². The third-order valence-electron chi connectivity index (χ3n) is 2.27. The number of rotatable bonds is 5. The van der Waals surface area contributed by atoms with Crippen LogP contribution < -0.4 is 19.9 Å². The van der Waals surface area contributed by atoms with E-state index in [9.17, 15) is 9.90 Å². The van der Waals surface area contributed by atoms with Crippen molar-refractivity contribution in [3.63, 3.8) is 0 Å². The smallest absolute Gasteiger partial charge is 0.250 e. The molecule has 0 spiro atoms. The second-order valence-electron chi connectivity index (χ2n) is 3.26. The number of benzene rings is 1. The van der Waals surface area contributed by atoms with Gasteiger partial charge in [-0.25, -0.2) is 0 Å². The van der Waals surface area contributed by atoms with Crippen LogP contribution >= 0.6 is 0 Å². The molecule has 1 atom stereocenters. The highest BCUT2D eigenvalue weighted by Gasteiger charge is 2.20. The van der Waals surface area contributed by atoms with Gasteiger partial charge in [0.25, 0.3) is 5.91 Å². The Morgan fingerprint density at radius 1 is 1.18 bits per heavy atom. The maximum absolute atomic E-state index is 10.9. The summed E-state index contributed by atoms with van der Waals surface area (Å²) in [7, 11) is 4.35. The third kappa shape index (κ3) is 2.59. The van der Waals surface area contributed by atoms with E-state index in [4.69, 9.17) is 19.9 Å². The molecule has 1 unspecified atom stereocenters. The van der Waals surface area contributed by atoms with E-state index < -0.39 is 12.0 Å². The van der Waals surface area contributed by atoms with Gasteiger partial charge in [-0.3, -0.25) is 4.79 Å². The summed E-state index contributed by atoms with van der Waals surface area (Å²) in [5.74, 6) is 0.235. The molecule has 0 aromatic heterocycles. The van der Waals surface area contributed by atoms with Crippen molar-refractivity contribution in [1.82, 2.24) is 0 Å². The van der Waals surface area contributed by atoms with Crippen molar-refractivity contribution in [2.45, 2.75) is 6.10 Å². The van der Waals surface area contributed by atoms with Crippen LogP contribution in [0.1, 0.15) is 11.7 Å². The number of carbonyl (C=O) groups excluding carboxylic acids is 1. The average molecular weight is 241 g/mol. The van der Waals surface area contributed by atoms with Crippen molar-refractivity contribution in [3.05, 3.63) is 17.7 Å². The molecule has 0 bridgehead atoms. The molecule has 1 amide bonds. The Morgan fingerprint density at radius 2 is 1.65 bits per heavy atom. The average Bonchev–Trinajstić information content (AvgIpc) is 2.35. The van der Waals surface area contributed by atoms with E-state index in [1.807, 2.05) is 0 Å². The van der Waals surface area contributed by atoms with Crippen molar-refractivity contribution in [2.75, 3.05) is 21.3 Å². The van der Waals surface area contributed by atoms with E-state index in [1.165, 1.54) is 33.5 Å². The Kier molecular flexibility index (Phi) is 4.17. The molecule has 3 N–H and O–H groups in total. The topological polar surface area (TPSA) is 91.0 Å². The standard InChI is InChI=1S/C11H15NO5/c1-15-7-4-6(9(13)11(12)14)5-8(16-2)10(7)17-3/h4-5,9,13H,1-3H3,(H2,12,14). The largest absolute Gasteiger partial charge is 0.493 e. The Bertz CT molecular complexity index is 393. The monoisotopic (exact) mass is 241 g/mol. The van der Waals surface area contributed by atoms with Crippen molar-refractivity contribution < 1.29 is 24.1 Å². The fraction of sp³-hybridized carbons (Fsp3) is 0.364. The lowest BCUT2D eigenvalue weighted by molar-refractivity contribution is -0.126. The molecule has 6 nitrogen and oxygen atoms in total. The predicted molar refractivity (Wildman–Crippen MR) is 60.3 cm³/mol. The van der Waals surface area contributed by atoms with Crippen LogP contribution in [0.15, 0.2) is 12.1 Å². The first-order chi connectivity index (χ1) is 8.04. The minimum absolute atomic E-state index is 0.284. The number of methoxy groups -OCH3 is 3. The van der Waals surface area contributed by atoms with Crippen LogP contribution in [-0.4, -0.2) is 32.3 Å². The number of ether oxygens (including phenoxy) is 3. The molecule has 0 aliphatic rings. The maximum atomic E-state index is 10.9. The van der Waals surface area contributed by atoms with Gasteiger partial charge < -0.3 is 25.1 Å². The zero-order valence-electron chi connectivity index (χ0n) is 9.89. The highest BCUT2D eigenvalue weighted by Crippen LogP contribution is 2.39. The predicted octanol–water partition coefficient (Wildman–Crippen LogP) is 0.231.